The molecule has 1 aromatic heterocycles. The number of aromatic nitrogens is 1. The zero-order valence-corrected chi connectivity index (χ0v) is 10.1. The number of amides is 1. The molecule has 1 atom stereocenters. The molecule has 1 amide bonds. The van der Waals surface area contributed by atoms with E-state index in [0.717, 1.165) is 17.2 Å². The van der Waals surface area contributed by atoms with Gasteiger partial charge in [-0.2, -0.15) is 4.39 Å². The smallest absolute Gasteiger partial charge is 0.256 e. The first kappa shape index (κ1) is 14.5. The third kappa shape index (κ3) is 3.44. The zero-order chi connectivity index (χ0) is 13.7. The maximum absolute atomic E-state index is 13.3. The van der Waals surface area contributed by atoms with E-state index in [1.54, 1.807) is 0 Å². The highest BCUT2D eigenvalue weighted by molar-refractivity contribution is 5.94. The van der Waals surface area contributed by atoms with Crippen LogP contribution in [0.25, 0.3) is 0 Å². The van der Waals surface area contributed by atoms with Crippen LogP contribution >= 0.6 is 0 Å². The first-order chi connectivity index (χ1) is 8.47. The molecule has 0 fully saturated rings. The first-order valence-corrected chi connectivity index (χ1v) is 5.19. The third-order valence-corrected chi connectivity index (χ3v) is 2.27. The summed E-state index contributed by atoms with van der Waals surface area (Å²) in [4.78, 5) is 16.0. The molecule has 1 rings (SSSR count). The van der Waals surface area contributed by atoms with E-state index in [-0.39, 0.29) is 13.2 Å². The van der Waals surface area contributed by atoms with Gasteiger partial charge in [-0.3, -0.25) is 4.79 Å². The second-order valence-electron chi connectivity index (χ2n) is 3.76. The molecule has 0 aliphatic carbocycles. The van der Waals surface area contributed by atoms with Crippen LogP contribution in [-0.4, -0.2) is 54.3 Å². The van der Waals surface area contributed by atoms with Gasteiger partial charge in [-0.25, -0.2) is 9.37 Å². The lowest BCUT2D eigenvalue weighted by atomic mass is 10.2. The van der Waals surface area contributed by atoms with Crippen molar-refractivity contribution in [2.75, 3.05) is 27.3 Å². The Labute approximate surface area is 103 Å². The number of likely N-dealkylation sites (N-methyl/N-ethyl adjacent to an activating group) is 1. The molecule has 0 saturated carbocycles. The van der Waals surface area contributed by atoms with Crippen LogP contribution in [0, 0.1) is 11.8 Å². The molecule has 1 heterocycles. The van der Waals surface area contributed by atoms with Crippen LogP contribution in [0.5, 0.6) is 0 Å². The Balaban J connectivity index is 2.77. The molecule has 1 unspecified atom stereocenters. The number of rotatable bonds is 5. The fraction of sp³-hybridized carbons (Fsp3) is 0.455. The van der Waals surface area contributed by atoms with Crippen LogP contribution in [-0.2, 0) is 4.74 Å². The van der Waals surface area contributed by atoms with Crippen molar-refractivity contribution in [2.24, 2.45) is 0 Å². The van der Waals surface area contributed by atoms with Crippen LogP contribution < -0.4 is 0 Å². The highest BCUT2D eigenvalue weighted by Gasteiger charge is 2.21. The Morgan fingerprint density at radius 3 is 2.89 bits per heavy atom. The highest BCUT2D eigenvalue weighted by atomic mass is 19.2. The number of hydrogen-bond donors (Lipinski definition) is 1. The van der Waals surface area contributed by atoms with Crippen molar-refractivity contribution in [2.45, 2.75) is 6.10 Å². The van der Waals surface area contributed by atoms with Gasteiger partial charge in [0.15, 0.2) is 5.82 Å². The minimum Gasteiger partial charge on any atom is -0.389 e. The number of halogens is 2. The summed E-state index contributed by atoms with van der Waals surface area (Å²) < 4.78 is 30.9. The number of aliphatic hydroxyl groups excluding tert-OH is 1. The maximum Gasteiger partial charge on any atom is 0.256 e. The van der Waals surface area contributed by atoms with Crippen molar-refractivity contribution in [1.82, 2.24) is 9.88 Å². The van der Waals surface area contributed by atoms with Gasteiger partial charge in [-0.05, 0) is 6.07 Å². The second-order valence-corrected chi connectivity index (χ2v) is 3.76. The Hall–Kier alpha value is -1.60. The van der Waals surface area contributed by atoms with Gasteiger partial charge in [0.05, 0.1) is 18.3 Å². The number of pyridine rings is 1. The number of hydrogen-bond acceptors (Lipinski definition) is 4. The standard InChI is InChI=1S/C11H14F2N2O3/c1-15(5-7(16)6-18-2)11(17)8-3-4-14-10(13)9(8)12/h3-4,7,16H,5-6H2,1-2H3. The van der Waals surface area contributed by atoms with E-state index in [0.29, 0.717) is 0 Å². The number of aliphatic hydroxyl groups is 1. The minimum absolute atomic E-state index is 0.0456. The molecule has 0 aliphatic rings. The summed E-state index contributed by atoms with van der Waals surface area (Å²) in [5, 5.41) is 9.44. The summed E-state index contributed by atoms with van der Waals surface area (Å²) in [5.74, 6) is -3.36. The molecule has 0 bridgehead atoms. The molecular weight excluding hydrogens is 246 g/mol. The number of methoxy groups -OCH3 is 1. The monoisotopic (exact) mass is 260 g/mol. The highest BCUT2D eigenvalue weighted by Crippen LogP contribution is 2.11. The minimum atomic E-state index is -1.33. The van der Waals surface area contributed by atoms with Crippen molar-refractivity contribution in [1.29, 1.82) is 0 Å². The number of nitrogens with zero attached hydrogens (tertiary/aromatic N) is 2. The largest absolute Gasteiger partial charge is 0.389 e. The molecule has 7 heteroatoms. The lowest BCUT2D eigenvalue weighted by molar-refractivity contribution is 0.0378. The van der Waals surface area contributed by atoms with E-state index >= 15 is 0 Å². The van der Waals surface area contributed by atoms with Crippen molar-refractivity contribution in [3.8, 4) is 0 Å². The van der Waals surface area contributed by atoms with Gasteiger partial charge >= 0.3 is 0 Å². The van der Waals surface area contributed by atoms with Crippen LogP contribution in [0.3, 0.4) is 0 Å². The molecular formula is C11H14F2N2O3. The van der Waals surface area contributed by atoms with Gasteiger partial charge in [0.2, 0.25) is 5.95 Å². The molecule has 1 aromatic rings. The van der Waals surface area contributed by atoms with E-state index in [9.17, 15) is 18.7 Å². The van der Waals surface area contributed by atoms with Gasteiger partial charge in [0, 0.05) is 26.9 Å². The van der Waals surface area contributed by atoms with Crippen molar-refractivity contribution in [3.63, 3.8) is 0 Å². The third-order valence-electron chi connectivity index (χ3n) is 2.27. The maximum atomic E-state index is 13.3. The summed E-state index contributed by atoms with van der Waals surface area (Å²) in [6, 6.07) is 1.08. The molecule has 0 aliphatic heterocycles. The summed E-state index contributed by atoms with van der Waals surface area (Å²) in [6.07, 6.45) is 0.115. The normalized spacial score (nSPS) is 12.3. The summed E-state index contributed by atoms with van der Waals surface area (Å²) in [5.41, 5.74) is -0.422. The summed E-state index contributed by atoms with van der Waals surface area (Å²) in [7, 11) is 2.78. The Morgan fingerprint density at radius 1 is 1.61 bits per heavy atom. The van der Waals surface area contributed by atoms with Crippen LogP contribution in [0.2, 0.25) is 0 Å². The molecule has 0 radical (unpaired) electrons. The van der Waals surface area contributed by atoms with Crippen molar-refractivity contribution < 1.29 is 23.4 Å². The topological polar surface area (TPSA) is 62.7 Å². The zero-order valence-electron chi connectivity index (χ0n) is 10.1. The van der Waals surface area contributed by atoms with E-state index < -0.39 is 29.3 Å². The number of ether oxygens (including phenoxy) is 1. The van der Waals surface area contributed by atoms with E-state index in [2.05, 4.69) is 4.98 Å². The predicted octanol–water partition coefficient (Wildman–Crippen LogP) is 0.439. The van der Waals surface area contributed by atoms with Crippen LogP contribution in [0.15, 0.2) is 12.3 Å². The van der Waals surface area contributed by atoms with Crippen molar-refractivity contribution in [3.05, 3.63) is 29.6 Å². The van der Waals surface area contributed by atoms with Crippen LogP contribution in [0.1, 0.15) is 10.4 Å². The quantitative estimate of drug-likeness (QED) is 0.780. The average Bonchev–Trinajstić information content (AvgIpc) is 2.32. The predicted molar refractivity (Wildman–Crippen MR) is 59.0 cm³/mol. The van der Waals surface area contributed by atoms with Gasteiger partial charge in [-0.1, -0.05) is 0 Å². The fourth-order valence-electron chi connectivity index (χ4n) is 1.43. The van der Waals surface area contributed by atoms with Gasteiger partial charge in [0.25, 0.3) is 5.91 Å². The molecule has 1 N–H and O–H groups in total. The van der Waals surface area contributed by atoms with Gasteiger partial charge in [-0.15, -0.1) is 0 Å². The number of carbonyl (C=O) groups is 1. The summed E-state index contributed by atoms with van der Waals surface area (Å²) in [6.45, 7) is 0.000857. The first-order valence-electron chi connectivity index (χ1n) is 5.19. The second kappa shape index (κ2) is 6.36. The van der Waals surface area contributed by atoms with Crippen molar-refractivity contribution >= 4 is 5.91 Å². The Kier molecular flexibility index (Phi) is 5.11. The summed E-state index contributed by atoms with van der Waals surface area (Å²) >= 11 is 0. The lowest BCUT2D eigenvalue weighted by Crippen LogP contribution is -2.36. The average molecular weight is 260 g/mol. The molecule has 18 heavy (non-hydrogen) atoms. The molecule has 100 valence electrons. The van der Waals surface area contributed by atoms with Gasteiger partial charge < -0.3 is 14.7 Å². The molecule has 0 saturated heterocycles. The van der Waals surface area contributed by atoms with E-state index in [1.807, 2.05) is 0 Å². The van der Waals surface area contributed by atoms with Gasteiger partial charge in [0.1, 0.15) is 0 Å². The van der Waals surface area contributed by atoms with E-state index in [4.69, 9.17) is 4.74 Å². The lowest BCUT2D eigenvalue weighted by Gasteiger charge is -2.20. The fourth-order valence-corrected chi connectivity index (χ4v) is 1.43. The molecule has 5 nitrogen and oxygen atoms in total. The number of carbonyl (C=O) groups excluding carboxylic acids is 1. The Bertz CT molecular complexity index is 429. The molecule has 0 aromatic carbocycles. The molecule has 0 spiro atoms. The SMILES string of the molecule is COCC(O)CN(C)C(=O)c1ccnc(F)c1F. The van der Waals surface area contributed by atoms with Crippen LogP contribution in [0.4, 0.5) is 8.78 Å². The van der Waals surface area contributed by atoms with E-state index in [1.165, 1.54) is 14.2 Å². The Morgan fingerprint density at radius 2 is 2.28 bits per heavy atom.